The van der Waals surface area contributed by atoms with Gasteiger partial charge in [0.2, 0.25) is 0 Å². The lowest BCUT2D eigenvalue weighted by Gasteiger charge is -2.15. The zero-order valence-corrected chi connectivity index (χ0v) is 12.6. The summed E-state index contributed by atoms with van der Waals surface area (Å²) in [6, 6.07) is 4.71. The van der Waals surface area contributed by atoms with Crippen LogP contribution >= 0.6 is 15.9 Å². The van der Waals surface area contributed by atoms with Crippen LogP contribution in [0.4, 0.5) is 4.39 Å². The van der Waals surface area contributed by atoms with Crippen LogP contribution in [0.1, 0.15) is 23.7 Å². The first-order valence-corrected chi connectivity index (χ1v) is 7.32. The summed E-state index contributed by atoms with van der Waals surface area (Å²) < 4.78 is 25.2. The quantitative estimate of drug-likeness (QED) is 0.900. The Balaban J connectivity index is 1.99. The van der Waals surface area contributed by atoms with Gasteiger partial charge in [-0.2, -0.15) is 0 Å². The molecule has 1 aliphatic heterocycles. The molecule has 3 rings (SSSR count). The van der Waals surface area contributed by atoms with E-state index in [0.29, 0.717) is 40.3 Å². The number of halogens is 2. The third-order valence-corrected chi connectivity index (χ3v) is 3.77. The number of aliphatic hydroxyl groups is 1. The number of nitrogens with zero attached hydrogens (tertiary/aromatic N) is 1. The minimum Gasteiger partial charge on any atom is -0.490 e. The fourth-order valence-electron chi connectivity index (χ4n) is 2.18. The number of fused-ring (bicyclic) bond motifs is 1. The highest BCUT2D eigenvalue weighted by Crippen LogP contribution is 2.40. The maximum atomic E-state index is 13.2. The highest BCUT2D eigenvalue weighted by atomic mass is 79.9. The highest BCUT2D eigenvalue weighted by Gasteiger charge is 2.19. The highest BCUT2D eigenvalue weighted by molar-refractivity contribution is 9.10. The summed E-state index contributed by atoms with van der Waals surface area (Å²) in [6.45, 7) is 1.14. The number of ether oxygens (including phenoxy) is 2. The number of aliphatic hydroxyl groups excluding tert-OH is 1. The van der Waals surface area contributed by atoms with Gasteiger partial charge in [-0.05, 0) is 39.7 Å². The molecule has 110 valence electrons. The number of aromatic nitrogens is 1. The number of hydrogen-bond donors (Lipinski definition) is 1. The molecule has 0 saturated carbocycles. The topological polar surface area (TPSA) is 51.6 Å². The third kappa shape index (κ3) is 3.01. The predicted octanol–water partition coefficient (Wildman–Crippen LogP) is 3.23. The molecule has 0 amide bonds. The molecule has 1 aromatic heterocycles. The van der Waals surface area contributed by atoms with Crippen LogP contribution in [0.15, 0.2) is 35.1 Å². The van der Waals surface area contributed by atoms with Gasteiger partial charge in [0.15, 0.2) is 11.5 Å². The molecule has 6 heteroatoms. The normalized spacial score (nSPS) is 15.4. The SMILES string of the molecule is OC(c1cncc(F)c1)c1cc(Br)c2c(c1)OCCCO2. The number of benzene rings is 1. The van der Waals surface area contributed by atoms with Crippen molar-refractivity contribution in [2.75, 3.05) is 13.2 Å². The van der Waals surface area contributed by atoms with Crippen molar-refractivity contribution in [3.05, 3.63) is 52.0 Å². The van der Waals surface area contributed by atoms with E-state index in [0.717, 1.165) is 12.6 Å². The maximum absolute atomic E-state index is 13.2. The van der Waals surface area contributed by atoms with Crippen molar-refractivity contribution < 1.29 is 19.0 Å². The molecule has 4 nitrogen and oxygen atoms in total. The summed E-state index contributed by atoms with van der Waals surface area (Å²) in [6.07, 6.45) is 2.35. The van der Waals surface area contributed by atoms with Crippen molar-refractivity contribution in [1.29, 1.82) is 0 Å². The minimum absolute atomic E-state index is 0.386. The number of rotatable bonds is 2. The van der Waals surface area contributed by atoms with Crippen LogP contribution in [0.5, 0.6) is 11.5 Å². The monoisotopic (exact) mass is 353 g/mol. The first-order valence-electron chi connectivity index (χ1n) is 6.52. The Morgan fingerprint density at radius 1 is 1.14 bits per heavy atom. The average molecular weight is 354 g/mol. The molecule has 1 unspecified atom stereocenters. The van der Waals surface area contributed by atoms with Gasteiger partial charge in [0.25, 0.3) is 0 Å². The molecule has 0 radical (unpaired) electrons. The van der Waals surface area contributed by atoms with Gasteiger partial charge in [0, 0.05) is 18.2 Å². The van der Waals surface area contributed by atoms with Crippen LogP contribution in [0.25, 0.3) is 0 Å². The summed E-state index contributed by atoms with van der Waals surface area (Å²) in [4.78, 5) is 3.75. The first kappa shape index (κ1) is 14.3. The Kier molecular flexibility index (Phi) is 4.07. The number of hydrogen-bond acceptors (Lipinski definition) is 4. The molecule has 0 fully saturated rings. The lowest BCUT2D eigenvalue weighted by molar-refractivity contribution is 0.218. The molecule has 1 atom stereocenters. The molecule has 1 aromatic carbocycles. The van der Waals surface area contributed by atoms with Crippen LogP contribution in [0.2, 0.25) is 0 Å². The summed E-state index contributed by atoms with van der Waals surface area (Å²) in [7, 11) is 0. The Hall–Kier alpha value is -1.66. The van der Waals surface area contributed by atoms with E-state index in [1.807, 2.05) is 0 Å². The fourth-order valence-corrected chi connectivity index (χ4v) is 2.75. The fraction of sp³-hybridized carbons (Fsp3) is 0.267. The molecule has 0 aliphatic carbocycles. The van der Waals surface area contributed by atoms with E-state index in [-0.39, 0.29) is 0 Å². The average Bonchev–Trinajstić information content (AvgIpc) is 2.72. The second kappa shape index (κ2) is 5.99. The van der Waals surface area contributed by atoms with E-state index in [4.69, 9.17) is 9.47 Å². The summed E-state index contributed by atoms with van der Waals surface area (Å²) in [5, 5.41) is 10.4. The van der Waals surface area contributed by atoms with Gasteiger partial charge in [0.1, 0.15) is 11.9 Å². The van der Waals surface area contributed by atoms with Crippen LogP contribution in [-0.2, 0) is 0 Å². The van der Waals surface area contributed by atoms with Gasteiger partial charge in [-0.1, -0.05) is 0 Å². The summed E-state index contributed by atoms with van der Waals surface area (Å²) >= 11 is 3.42. The van der Waals surface area contributed by atoms with E-state index < -0.39 is 11.9 Å². The Morgan fingerprint density at radius 2 is 1.95 bits per heavy atom. The van der Waals surface area contributed by atoms with Crippen molar-refractivity contribution in [3.63, 3.8) is 0 Å². The molecular formula is C15H13BrFNO3. The van der Waals surface area contributed by atoms with Crippen LogP contribution in [0, 0.1) is 5.82 Å². The lowest BCUT2D eigenvalue weighted by Crippen LogP contribution is -2.03. The second-order valence-electron chi connectivity index (χ2n) is 4.72. The van der Waals surface area contributed by atoms with E-state index in [9.17, 15) is 9.50 Å². The third-order valence-electron chi connectivity index (χ3n) is 3.18. The molecule has 2 heterocycles. The molecule has 0 saturated heterocycles. The number of pyridine rings is 1. The molecule has 1 aliphatic rings. The Bertz CT molecular complexity index is 665. The summed E-state index contributed by atoms with van der Waals surface area (Å²) in [5.41, 5.74) is 0.968. The van der Waals surface area contributed by atoms with Crippen molar-refractivity contribution in [3.8, 4) is 11.5 Å². The van der Waals surface area contributed by atoms with Crippen LogP contribution < -0.4 is 9.47 Å². The van der Waals surface area contributed by atoms with Crippen molar-refractivity contribution in [2.24, 2.45) is 0 Å². The molecular weight excluding hydrogens is 341 g/mol. The van der Waals surface area contributed by atoms with E-state index in [1.165, 1.54) is 12.3 Å². The van der Waals surface area contributed by atoms with Gasteiger partial charge in [0.05, 0.1) is 23.9 Å². The predicted molar refractivity (Wildman–Crippen MR) is 78.0 cm³/mol. The molecule has 2 aromatic rings. The Morgan fingerprint density at radius 3 is 2.76 bits per heavy atom. The van der Waals surface area contributed by atoms with Crippen molar-refractivity contribution in [1.82, 2.24) is 4.98 Å². The smallest absolute Gasteiger partial charge is 0.175 e. The largest absolute Gasteiger partial charge is 0.490 e. The first-order chi connectivity index (χ1) is 10.1. The van der Waals surface area contributed by atoms with Crippen molar-refractivity contribution in [2.45, 2.75) is 12.5 Å². The zero-order chi connectivity index (χ0) is 14.8. The van der Waals surface area contributed by atoms with E-state index >= 15 is 0 Å². The van der Waals surface area contributed by atoms with Gasteiger partial charge in [-0.3, -0.25) is 4.98 Å². The summed E-state index contributed by atoms with van der Waals surface area (Å²) in [5.74, 6) is 0.709. The molecule has 0 bridgehead atoms. The van der Waals surface area contributed by atoms with E-state index in [2.05, 4.69) is 20.9 Å². The standard InChI is InChI=1S/C15H13BrFNO3/c16-12-5-9(6-13-15(12)21-3-1-2-20-13)14(19)10-4-11(17)8-18-7-10/h4-8,14,19H,1-3H2. The maximum Gasteiger partial charge on any atom is 0.175 e. The molecule has 0 spiro atoms. The van der Waals surface area contributed by atoms with Gasteiger partial charge < -0.3 is 14.6 Å². The van der Waals surface area contributed by atoms with Gasteiger partial charge in [-0.15, -0.1) is 0 Å². The lowest BCUT2D eigenvalue weighted by atomic mass is 10.0. The second-order valence-corrected chi connectivity index (χ2v) is 5.57. The van der Waals surface area contributed by atoms with E-state index in [1.54, 1.807) is 12.1 Å². The van der Waals surface area contributed by atoms with Gasteiger partial charge >= 0.3 is 0 Å². The minimum atomic E-state index is -0.985. The van der Waals surface area contributed by atoms with Crippen molar-refractivity contribution >= 4 is 15.9 Å². The Labute approximate surface area is 129 Å². The molecule has 21 heavy (non-hydrogen) atoms. The van der Waals surface area contributed by atoms with Crippen LogP contribution in [-0.4, -0.2) is 23.3 Å². The molecule has 1 N–H and O–H groups in total. The van der Waals surface area contributed by atoms with Crippen LogP contribution in [0.3, 0.4) is 0 Å². The zero-order valence-electron chi connectivity index (χ0n) is 11.1. The van der Waals surface area contributed by atoms with Gasteiger partial charge in [-0.25, -0.2) is 4.39 Å².